The van der Waals surface area contributed by atoms with Crippen LogP contribution in [-0.4, -0.2) is 182 Å². The molecule has 0 bridgehead atoms. The Labute approximate surface area is 246 Å². The fourth-order valence-corrected chi connectivity index (χ4v) is 3.83. The monoisotopic (exact) mass is 597 g/mol. The summed E-state index contributed by atoms with van der Waals surface area (Å²) in [5, 5.41) is 0. The molecule has 2 aliphatic heterocycles. The lowest BCUT2D eigenvalue weighted by Gasteiger charge is -2.29. The highest BCUT2D eigenvalue weighted by molar-refractivity contribution is 4.75. The lowest BCUT2D eigenvalue weighted by atomic mass is 10.1. The average molecular weight is 598 g/mol. The van der Waals surface area contributed by atoms with Gasteiger partial charge < -0.3 is 56.8 Å². The minimum atomic E-state index is -0.586. The second-order valence-corrected chi connectivity index (χ2v) is 9.76. The molecule has 1 unspecified atom stereocenters. The van der Waals surface area contributed by atoms with Crippen LogP contribution in [0, 0.1) is 0 Å². The van der Waals surface area contributed by atoms with E-state index >= 15 is 0 Å². The van der Waals surface area contributed by atoms with Crippen LogP contribution >= 0.6 is 0 Å². The fraction of sp³-hybridized carbons (Fsp3) is 1.00. The predicted molar refractivity (Wildman–Crippen MR) is 150 cm³/mol. The van der Waals surface area contributed by atoms with Crippen molar-refractivity contribution in [2.45, 2.75) is 12.5 Å². The van der Waals surface area contributed by atoms with E-state index in [0.717, 1.165) is 19.6 Å². The van der Waals surface area contributed by atoms with Crippen LogP contribution in [0.5, 0.6) is 0 Å². The van der Waals surface area contributed by atoms with Crippen molar-refractivity contribution in [2.24, 2.45) is 0 Å². The van der Waals surface area contributed by atoms with Crippen molar-refractivity contribution in [3.8, 4) is 0 Å². The van der Waals surface area contributed by atoms with E-state index < -0.39 is 5.60 Å². The van der Waals surface area contributed by atoms with Crippen molar-refractivity contribution in [1.82, 2.24) is 4.90 Å². The molecule has 2 rings (SSSR count). The number of rotatable bonds is 8. The molecule has 2 aliphatic rings. The molecular formula is C28H55NO12. The van der Waals surface area contributed by atoms with E-state index in [1.165, 1.54) is 0 Å². The van der Waals surface area contributed by atoms with Gasteiger partial charge in [-0.05, 0) is 6.92 Å². The molecule has 0 saturated carbocycles. The molecule has 13 nitrogen and oxygen atoms in total. The summed E-state index contributed by atoms with van der Waals surface area (Å²) in [6.45, 7) is 16.5. The zero-order valence-electron chi connectivity index (χ0n) is 25.2. The Morgan fingerprint density at radius 1 is 0.463 bits per heavy atom. The van der Waals surface area contributed by atoms with Crippen LogP contribution in [0.25, 0.3) is 0 Å². The molecule has 0 aromatic heterocycles. The average Bonchev–Trinajstić information content (AvgIpc) is 2.98. The molecule has 13 heteroatoms. The zero-order valence-corrected chi connectivity index (χ0v) is 25.2. The van der Waals surface area contributed by atoms with Crippen LogP contribution in [-0.2, 0) is 56.8 Å². The molecule has 0 aromatic carbocycles. The van der Waals surface area contributed by atoms with Gasteiger partial charge >= 0.3 is 0 Å². The molecule has 0 radical (unpaired) electrons. The lowest BCUT2D eigenvalue weighted by Crippen LogP contribution is -2.41. The highest BCUT2D eigenvalue weighted by Crippen LogP contribution is 2.12. The number of hydrogen-bond acceptors (Lipinski definition) is 13. The Morgan fingerprint density at radius 2 is 0.854 bits per heavy atom. The zero-order chi connectivity index (χ0) is 28.9. The van der Waals surface area contributed by atoms with Gasteiger partial charge in [0.1, 0.15) is 5.60 Å². The first-order valence-corrected chi connectivity index (χ1v) is 15.0. The van der Waals surface area contributed by atoms with Gasteiger partial charge in [0.25, 0.3) is 0 Å². The normalized spacial score (nSPS) is 26.3. The summed E-state index contributed by atoms with van der Waals surface area (Å²) >= 11 is 0. The molecule has 0 amide bonds. The van der Waals surface area contributed by atoms with E-state index in [9.17, 15) is 0 Å². The molecule has 41 heavy (non-hydrogen) atoms. The van der Waals surface area contributed by atoms with Crippen molar-refractivity contribution in [1.29, 1.82) is 0 Å². The first kappa shape index (κ1) is 36.7. The quantitative estimate of drug-likeness (QED) is 0.357. The third-order valence-corrected chi connectivity index (χ3v) is 6.12. The Hall–Kier alpha value is -0.520. The highest BCUT2D eigenvalue weighted by atomic mass is 16.6. The Balaban J connectivity index is 1.60. The summed E-state index contributed by atoms with van der Waals surface area (Å²) in [5.74, 6) is 0. The molecule has 2 heterocycles. The Kier molecular flexibility index (Phi) is 24.2. The van der Waals surface area contributed by atoms with Gasteiger partial charge in [0, 0.05) is 19.6 Å². The van der Waals surface area contributed by atoms with Crippen molar-refractivity contribution in [2.75, 3.05) is 172 Å². The van der Waals surface area contributed by atoms with Crippen molar-refractivity contribution >= 4 is 0 Å². The second kappa shape index (κ2) is 27.1. The van der Waals surface area contributed by atoms with Crippen LogP contribution in [0.4, 0.5) is 0 Å². The van der Waals surface area contributed by atoms with Gasteiger partial charge in [-0.25, -0.2) is 0 Å². The molecule has 0 aliphatic carbocycles. The van der Waals surface area contributed by atoms with E-state index in [2.05, 4.69) is 4.90 Å². The maximum Gasteiger partial charge on any atom is 0.112 e. The fourth-order valence-electron chi connectivity index (χ4n) is 3.83. The number of ether oxygens (including phenoxy) is 12. The van der Waals surface area contributed by atoms with Gasteiger partial charge in [0.2, 0.25) is 0 Å². The third-order valence-electron chi connectivity index (χ3n) is 6.12. The summed E-state index contributed by atoms with van der Waals surface area (Å²) in [6, 6.07) is 0. The van der Waals surface area contributed by atoms with Crippen LogP contribution in [0.3, 0.4) is 0 Å². The molecule has 0 N–H and O–H groups in total. The molecule has 244 valence electrons. The SMILES string of the molecule is CC1(COCCOCCN2CCOCCOCCOCCOCCOCC2)COCCOCCOCCOCCO1. The van der Waals surface area contributed by atoms with E-state index in [0.29, 0.717) is 152 Å². The van der Waals surface area contributed by atoms with Gasteiger partial charge in [-0.15, -0.1) is 0 Å². The molecule has 0 aromatic rings. The summed E-state index contributed by atoms with van der Waals surface area (Å²) in [7, 11) is 0. The standard InChI is InChI=1S/C28H55NO12/c1-28(27-40-23-21-37-17-16-36-18-19-38-24-25-41-28)26-39-22-20-32-7-4-29-2-5-30-8-10-33-12-14-35-15-13-34-11-9-31-6-3-29/h2-27H2,1H3. The third kappa shape index (κ3) is 22.7. The summed E-state index contributed by atoms with van der Waals surface area (Å²) < 4.78 is 68.1. The van der Waals surface area contributed by atoms with Crippen molar-refractivity contribution in [3.05, 3.63) is 0 Å². The van der Waals surface area contributed by atoms with Crippen molar-refractivity contribution in [3.63, 3.8) is 0 Å². The van der Waals surface area contributed by atoms with Crippen LogP contribution in [0.1, 0.15) is 6.92 Å². The van der Waals surface area contributed by atoms with Crippen molar-refractivity contribution < 1.29 is 56.8 Å². The van der Waals surface area contributed by atoms with Gasteiger partial charge in [-0.1, -0.05) is 0 Å². The van der Waals surface area contributed by atoms with E-state index in [1.54, 1.807) is 0 Å². The largest absolute Gasteiger partial charge is 0.378 e. The highest BCUT2D eigenvalue weighted by Gasteiger charge is 2.26. The second-order valence-electron chi connectivity index (χ2n) is 9.76. The van der Waals surface area contributed by atoms with Gasteiger partial charge in [-0.2, -0.15) is 0 Å². The molecule has 1 atom stereocenters. The topological polar surface area (TPSA) is 114 Å². The van der Waals surface area contributed by atoms with Crippen LogP contribution in [0.2, 0.25) is 0 Å². The molecular weight excluding hydrogens is 542 g/mol. The smallest absolute Gasteiger partial charge is 0.112 e. The maximum atomic E-state index is 6.06. The number of hydrogen-bond donors (Lipinski definition) is 0. The maximum absolute atomic E-state index is 6.06. The Bertz CT molecular complexity index is 528. The molecule has 0 spiro atoms. The minimum Gasteiger partial charge on any atom is -0.378 e. The van der Waals surface area contributed by atoms with E-state index in [1.807, 2.05) is 6.92 Å². The van der Waals surface area contributed by atoms with Gasteiger partial charge in [0.05, 0.1) is 152 Å². The summed E-state index contributed by atoms with van der Waals surface area (Å²) in [6.07, 6.45) is 0. The van der Waals surface area contributed by atoms with Gasteiger partial charge in [0.15, 0.2) is 0 Å². The minimum absolute atomic E-state index is 0.390. The summed E-state index contributed by atoms with van der Waals surface area (Å²) in [5.41, 5.74) is -0.586. The first-order valence-electron chi connectivity index (χ1n) is 15.0. The lowest BCUT2D eigenvalue weighted by molar-refractivity contribution is -0.140. The predicted octanol–water partition coefficient (Wildman–Crippen LogP) is 0.274. The van der Waals surface area contributed by atoms with Gasteiger partial charge in [-0.3, -0.25) is 4.90 Å². The molecule has 2 fully saturated rings. The first-order chi connectivity index (χ1) is 20.3. The Morgan fingerprint density at radius 3 is 1.34 bits per heavy atom. The molecule has 2 saturated heterocycles. The van der Waals surface area contributed by atoms with E-state index in [4.69, 9.17) is 56.8 Å². The van der Waals surface area contributed by atoms with Crippen LogP contribution in [0.15, 0.2) is 0 Å². The van der Waals surface area contributed by atoms with E-state index in [-0.39, 0.29) is 0 Å². The van der Waals surface area contributed by atoms with Crippen LogP contribution < -0.4 is 0 Å². The number of nitrogens with zero attached hydrogens (tertiary/aromatic N) is 1. The summed E-state index contributed by atoms with van der Waals surface area (Å²) in [4.78, 5) is 2.28.